The zero-order chi connectivity index (χ0) is 9.68. The first kappa shape index (κ1) is 9.92. The first-order chi connectivity index (χ1) is 6.24. The van der Waals surface area contributed by atoms with Crippen LogP contribution in [0, 0.1) is 0 Å². The van der Waals surface area contributed by atoms with Crippen molar-refractivity contribution in [2.75, 3.05) is 6.54 Å². The topological polar surface area (TPSA) is 60.9 Å². The van der Waals surface area contributed by atoms with Crippen molar-refractivity contribution in [3.63, 3.8) is 0 Å². The molecule has 0 spiro atoms. The van der Waals surface area contributed by atoms with Gasteiger partial charge in [0.25, 0.3) is 0 Å². The standard InChI is InChI=1S/C9H15N3O/c1-12-7-8(6-11-12)9(13)4-2-3-5-10/h6-7H,2-5,10H2,1H3. The number of carbonyl (C=O) groups is 1. The van der Waals surface area contributed by atoms with E-state index in [2.05, 4.69) is 5.10 Å². The summed E-state index contributed by atoms with van der Waals surface area (Å²) in [6, 6.07) is 0. The number of nitrogens with zero attached hydrogens (tertiary/aromatic N) is 2. The third kappa shape index (κ3) is 2.99. The van der Waals surface area contributed by atoms with Crippen LogP contribution in [0.1, 0.15) is 29.6 Å². The number of carbonyl (C=O) groups excluding carboxylic acids is 1. The monoisotopic (exact) mass is 181 g/mol. The van der Waals surface area contributed by atoms with Crippen LogP contribution in [0.3, 0.4) is 0 Å². The Morgan fingerprint density at radius 1 is 1.62 bits per heavy atom. The van der Waals surface area contributed by atoms with Gasteiger partial charge in [0.15, 0.2) is 5.78 Å². The lowest BCUT2D eigenvalue weighted by molar-refractivity contribution is 0.0979. The molecule has 72 valence electrons. The summed E-state index contributed by atoms with van der Waals surface area (Å²) in [5.74, 6) is 0.154. The van der Waals surface area contributed by atoms with Gasteiger partial charge in [-0.15, -0.1) is 0 Å². The van der Waals surface area contributed by atoms with Crippen LogP contribution in [0.25, 0.3) is 0 Å². The number of unbranched alkanes of at least 4 members (excludes halogenated alkanes) is 1. The molecule has 0 saturated heterocycles. The van der Waals surface area contributed by atoms with Crippen LogP contribution < -0.4 is 5.73 Å². The minimum Gasteiger partial charge on any atom is -0.330 e. The summed E-state index contributed by atoms with van der Waals surface area (Å²) < 4.78 is 1.64. The zero-order valence-electron chi connectivity index (χ0n) is 7.86. The van der Waals surface area contributed by atoms with Crippen molar-refractivity contribution in [2.24, 2.45) is 12.8 Å². The van der Waals surface area contributed by atoms with Gasteiger partial charge in [0.05, 0.1) is 11.8 Å². The van der Waals surface area contributed by atoms with Crippen LogP contribution >= 0.6 is 0 Å². The maximum Gasteiger partial charge on any atom is 0.166 e. The molecule has 0 unspecified atom stereocenters. The predicted molar refractivity (Wildman–Crippen MR) is 50.4 cm³/mol. The number of aryl methyl sites for hydroxylation is 1. The Kier molecular flexibility index (Phi) is 3.64. The lowest BCUT2D eigenvalue weighted by Gasteiger charge is -1.95. The van der Waals surface area contributed by atoms with E-state index in [1.807, 2.05) is 0 Å². The molecule has 1 aromatic rings. The Morgan fingerprint density at radius 3 is 2.92 bits per heavy atom. The quantitative estimate of drug-likeness (QED) is 0.538. The van der Waals surface area contributed by atoms with Gasteiger partial charge in [-0.25, -0.2) is 0 Å². The predicted octanol–water partition coefficient (Wildman–Crippen LogP) is 0.732. The van der Waals surface area contributed by atoms with E-state index in [0.29, 0.717) is 18.5 Å². The van der Waals surface area contributed by atoms with Crippen molar-refractivity contribution in [3.8, 4) is 0 Å². The SMILES string of the molecule is Cn1cc(C(=O)CCCCN)cn1. The summed E-state index contributed by atoms with van der Waals surface area (Å²) in [5.41, 5.74) is 6.02. The Bertz CT molecular complexity index is 280. The fraction of sp³-hybridized carbons (Fsp3) is 0.556. The average molecular weight is 181 g/mol. The van der Waals surface area contributed by atoms with E-state index in [4.69, 9.17) is 5.73 Å². The molecule has 0 bridgehead atoms. The van der Waals surface area contributed by atoms with Crippen LogP contribution in [0.5, 0.6) is 0 Å². The minimum atomic E-state index is 0.154. The fourth-order valence-electron chi connectivity index (χ4n) is 1.14. The van der Waals surface area contributed by atoms with Gasteiger partial charge in [-0.05, 0) is 19.4 Å². The van der Waals surface area contributed by atoms with Gasteiger partial charge in [0.1, 0.15) is 0 Å². The minimum absolute atomic E-state index is 0.154. The number of Topliss-reactive ketones (excluding diaryl/α,β-unsaturated/α-hetero) is 1. The van der Waals surface area contributed by atoms with Crippen LogP contribution in [-0.4, -0.2) is 22.1 Å². The Morgan fingerprint density at radius 2 is 2.38 bits per heavy atom. The van der Waals surface area contributed by atoms with Crippen molar-refractivity contribution in [3.05, 3.63) is 18.0 Å². The molecule has 13 heavy (non-hydrogen) atoms. The molecule has 4 nitrogen and oxygen atoms in total. The van der Waals surface area contributed by atoms with Crippen molar-refractivity contribution in [2.45, 2.75) is 19.3 Å². The smallest absolute Gasteiger partial charge is 0.166 e. The molecular formula is C9H15N3O. The van der Waals surface area contributed by atoms with E-state index in [9.17, 15) is 4.79 Å². The molecule has 1 heterocycles. The number of aromatic nitrogens is 2. The largest absolute Gasteiger partial charge is 0.330 e. The number of nitrogens with two attached hydrogens (primary N) is 1. The van der Waals surface area contributed by atoms with E-state index in [-0.39, 0.29) is 5.78 Å². The zero-order valence-corrected chi connectivity index (χ0v) is 7.86. The van der Waals surface area contributed by atoms with Crippen molar-refractivity contribution < 1.29 is 4.79 Å². The number of hydrogen-bond donors (Lipinski definition) is 1. The third-order valence-corrected chi connectivity index (χ3v) is 1.88. The van der Waals surface area contributed by atoms with Crippen molar-refractivity contribution in [1.29, 1.82) is 0 Å². The van der Waals surface area contributed by atoms with Gasteiger partial charge in [0.2, 0.25) is 0 Å². The van der Waals surface area contributed by atoms with E-state index < -0.39 is 0 Å². The summed E-state index contributed by atoms with van der Waals surface area (Å²) >= 11 is 0. The summed E-state index contributed by atoms with van der Waals surface area (Å²) in [4.78, 5) is 11.4. The molecule has 0 amide bonds. The van der Waals surface area contributed by atoms with Crippen LogP contribution in [0.2, 0.25) is 0 Å². The number of rotatable bonds is 5. The highest BCUT2D eigenvalue weighted by Gasteiger charge is 2.06. The first-order valence-corrected chi connectivity index (χ1v) is 4.46. The molecule has 1 rings (SSSR count). The third-order valence-electron chi connectivity index (χ3n) is 1.88. The second-order valence-electron chi connectivity index (χ2n) is 3.07. The van der Waals surface area contributed by atoms with Gasteiger partial charge in [-0.1, -0.05) is 0 Å². The highest BCUT2D eigenvalue weighted by molar-refractivity contribution is 5.95. The Hall–Kier alpha value is -1.16. The maximum absolute atomic E-state index is 11.4. The summed E-state index contributed by atoms with van der Waals surface area (Å²) in [7, 11) is 1.80. The summed E-state index contributed by atoms with van der Waals surface area (Å²) in [5, 5.41) is 3.94. The first-order valence-electron chi connectivity index (χ1n) is 4.46. The average Bonchev–Trinajstić information content (AvgIpc) is 2.52. The molecule has 0 aliphatic heterocycles. The molecule has 0 atom stereocenters. The number of hydrogen-bond acceptors (Lipinski definition) is 3. The molecule has 0 saturated carbocycles. The fourth-order valence-corrected chi connectivity index (χ4v) is 1.14. The molecule has 0 aromatic carbocycles. The van der Waals surface area contributed by atoms with Gasteiger partial charge in [-0.2, -0.15) is 5.10 Å². The van der Waals surface area contributed by atoms with Gasteiger partial charge < -0.3 is 5.73 Å². The highest BCUT2D eigenvalue weighted by atomic mass is 16.1. The highest BCUT2D eigenvalue weighted by Crippen LogP contribution is 2.04. The van der Waals surface area contributed by atoms with Gasteiger partial charge >= 0.3 is 0 Å². The molecule has 2 N–H and O–H groups in total. The number of ketones is 1. The lowest BCUT2D eigenvalue weighted by atomic mass is 10.1. The summed E-state index contributed by atoms with van der Waals surface area (Å²) in [6.45, 7) is 0.653. The Labute approximate surface area is 77.7 Å². The molecule has 0 aliphatic carbocycles. The summed E-state index contributed by atoms with van der Waals surface area (Å²) in [6.07, 6.45) is 5.69. The van der Waals surface area contributed by atoms with Crippen LogP contribution in [-0.2, 0) is 7.05 Å². The molecular weight excluding hydrogens is 166 g/mol. The molecule has 0 fully saturated rings. The second-order valence-corrected chi connectivity index (χ2v) is 3.07. The van der Waals surface area contributed by atoms with E-state index in [1.54, 1.807) is 24.1 Å². The van der Waals surface area contributed by atoms with E-state index >= 15 is 0 Å². The molecule has 1 aromatic heterocycles. The molecule has 0 aliphatic rings. The van der Waals surface area contributed by atoms with E-state index in [0.717, 1.165) is 12.8 Å². The molecule has 0 radical (unpaired) electrons. The van der Waals surface area contributed by atoms with Crippen LogP contribution in [0.4, 0.5) is 0 Å². The second kappa shape index (κ2) is 4.77. The van der Waals surface area contributed by atoms with Gasteiger partial charge in [-0.3, -0.25) is 9.48 Å². The van der Waals surface area contributed by atoms with Crippen molar-refractivity contribution in [1.82, 2.24) is 9.78 Å². The normalized spacial score (nSPS) is 10.3. The van der Waals surface area contributed by atoms with Crippen molar-refractivity contribution >= 4 is 5.78 Å². The lowest BCUT2D eigenvalue weighted by Crippen LogP contribution is -2.02. The maximum atomic E-state index is 11.4. The van der Waals surface area contributed by atoms with E-state index in [1.165, 1.54) is 0 Å². The van der Waals surface area contributed by atoms with Gasteiger partial charge in [0, 0.05) is 19.7 Å². The van der Waals surface area contributed by atoms with Crippen LogP contribution in [0.15, 0.2) is 12.4 Å². The Balaban J connectivity index is 2.40. The molecule has 4 heteroatoms.